The van der Waals surface area contributed by atoms with Gasteiger partial charge in [0.1, 0.15) is 11.5 Å². The maximum atomic E-state index is 13.0. The Labute approximate surface area is 221 Å². The SMILES string of the molecule is C=CC(=O)c1c(O)c(C)c(OCC)c(OCC)c1Sc1c(OCC)c(OCC)c(C)c(O)c1C(=O)C=C. The number of benzene rings is 2. The normalized spacial score (nSPS) is 10.5. The van der Waals surface area contributed by atoms with Crippen molar-refractivity contribution in [3.63, 3.8) is 0 Å². The van der Waals surface area contributed by atoms with Crippen LogP contribution in [0.2, 0.25) is 0 Å². The summed E-state index contributed by atoms with van der Waals surface area (Å²) in [6, 6.07) is 0. The maximum Gasteiger partial charge on any atom is 0.190 e. The Balaban J connectivity index is 3.14. The fourth-order valence-corrected chi connectivity index (χ4v) is 5.02. The molecule has 2 aromatic carbocycles. The predicted octanol–water partition coefficient (Wildman–Crippen LogP) is 6.20. The predicted molar refractivity (Wildman–Crippen MR) is 144 cm³/mol. The van der Waals surface area contributed by atoms with E-state index in [2.05, 4.69) is 13.2 Å². The van der Waals surface area contributed by atoms with Crippen molar-refractivity contribution in [2.24, 2.45) is 0 Å². The van der Waals surface area contributed by atoms with Gasteiger partial charge in [-0.2, -0.15) is 0 Å². The molecule has 0 aliphatic heterocycles. The molecule has 0 fully saturated rings. The highest BCUT2D eigenvalue weighted by molar-refractivity contribution is 7.99. The molecule has 0 atom stereocenters. The molecule has 200 valence electrons. The third-order valence-corrected chi connectivity index (χ3v) is 6.55. The Bertz CT molecular complexity index is 1120. The molecule has 0 heterocycles. The van der Waals surface area contributed by atoms with E-state index in [4.69, 9.17) is 18.9 Å². The Kier molecular flexibility index (Phi) is 10.5. The van der Waals surface area contributed by atoms with E-state index >= 15 is 0 Å². The second kappa shape index (κ2) is 13.1. The smallest absolute Gasteiger partial charge is 0.190 e. The van der Waals surface area contributed by atoms with E-state index in [0.29, 0.717) is 11.1 Å². The Morgan fingerprint density at radius 2 is 0.973 bits per heavy atom. The second-order valence-corrected chi connectivity index (χ2v) is 8.66. The average Bonchev–Trinajstić information content (AvgIpc) is 2.88. The van der Waals surface area contributed by atoms with E-state index in [0.717, 1.165) is 23.9 Å². The number of rotatable bonds is 14. The molecule has 0 aromatic heterocycles. The lowest BCUT2D eigenvalue weighted by atomic mass is 10.0. The van der Waals surface area contributed by atoms with Crippen LogP contribution < -0.4 is 18.9 Å². The summed E-state index contributed by atoms with van der Waals surface area (Å²) in [6.45, 7) is 18.4. The molecule has 2 aromatic rings. The monoisotopic (exact) mass is 530 g/mol. The molecular formula is C28H34O8S. The number of hydrogen-bond acceptors (Lipinski definition) is 9. The minimum atomic E-state index is -0.567. The third kappa shape index (κ3) is 5.72. The van der Waals surface area contributed by atoms with Crippen molar-refractivity contribution in [2.45, 2.75) is 51.3 Å². The van der Waals surface area contributed by atoms with Crippen LogP contribution in [-0.2, 0) is 0 Å². The van der Waals surface area contributed by atoms with Gasteiger partial charge in [0, 0.05) is 11.1 Å². The van der Waals surface area contributed by atoms with Gasteiger partial charge in [0.15, 0.2) is 34.6 Å². The summed E-state index contributed by atoms with van der Waals surface area (Å²) in [5.41, 5.74) is 0.465. The summed E-state index contributed by atoms with van der Waals surface area (Å²) >= 11 is 0.920. The Hall–Kier alpha value is -3.59. The first-order valence-electron chi connectivity index (χ1n) is 12.0. The first kappa shape index (κ1) is 29.6. The number of hydrogen-bond donors (Lipinski definition) is 2. The molecular weight excluding hydrogens is 496 g/mol. The van der Waals surface area contributed by atoms with E-state index in [1.165, 1.54) is 0 Å². The maximum absolute atomic E-state index is 13.0. The van der Waals surface area contributed by atoms with Gasteiger partial charge in [-0.25, -0.2) is 0 Å². The zero-order chi connectivity index (χ0) is 27.9. The molecule has 0 saturated heterocycles. The molecule has 9 heteroatoms. The largest absolute Gasteiger partial charge is 0.507 e. The second-order valence-electron chi connectivity index (χ2n) is 7.64. The highest BCUT2D eigenvalue weighted by atomic mass is 32.2. The molecule has 0 radical (unpaired) electrons. The van der Waals surface area contributed by atoms with E-state index in [9.17, 15) is 19.8 Å². The molecule has 37 heavy (non-hydrogen) atoms. The van der Waals surface area contributed by atoms with Crippen molar-refractivity contribution >= 4 is 23.3 Å². The van der Waals surface area contributed by atoms with E-state index in [-0.39, 0.29) is 81.8 Å². The molecule has 0 bridgehead atoms. The third-order valence-electron chi connectivity index (χ3n) is 5.37. The fourth-order valence-electron chi connectivity index (χ4n) is 3.72. The van der Waals surface area contributed by atoms with Crippen LogP contribution in [0.15, 0.2) is 35.1 Å². The number of ether oxygens (including phenoxy) is 4. The number of carbonyl (C=O) groups is 2. The van der Waals surface area contributed by atoms with Gasteiger partial charge < -0.3 is 29.2 Å². The summed E-state index contributed by atoms with van der Waals surface area (Å²) in [7, 11) is 0. The Morgan fingerprint density at radius 1 is 0.676 bits per heavy atom. The molecule has 0 saturated carbocycles. The van der Waals surface area contributed by atoms with Gasteiger partial charge in [-0.15, -0.1) is 0 Å². The van der Waals surface area contributed by atoms with Gasteiger partial charge in [0.2, 0.25) is 0 Å². The topological polar surface area (TPSA) is 112 Å². The minimum Gasteiger partial charge on any atom is -0.507 e. The van der Waals surface area contributed by atoms with E-state index in [1.807, 2.05) is 0 Å². The lowest BCUT2D eigenvalue weighted by Crippen LogP contribution is -2.10. The molecule has 0 aliphatic carbocycles. The number of ketones is 2. The van der Waals surface area contributed by atoms with Crippen LogP contribution in [0.25, 0.3) is 0 Å². The van der Waals surface area contributed by atoms with Crippen LogP contribution >= 0.6 is 11.8 Å². The fraction of sp³-hybridized carbons (Fsp3) is 0.357. The van der Waals surface area contributed by atoms with Crippen molar-refractivity contribution in [1.82, 2.24) is 0 Å². The van der Waals surface area contributed by atoms with Crippen LogP contribution in [0.3, 0.4) is 0 Å². The van der Waals surface area contributed by atoms with Crippen molar-refractivity contribution in [3.05, 3.63) is 47.6 Å². The number of carbonyl (C=O) groups excluding carboxylic acids is 2. The van der Waals surface area contributed by atoms with Crippen molar-refractivity contribution in [1.29, 1.82) is 0 Å². The van der Waals surface area contributed by atoms with Gasteiger partial charge in [0.25, 0.3) is 0 Å². The lowest BCUT2D eigenvalue weighted by Gasteiger charge is -2.24. The molecule has 0 aliphatic rings. The molecule has 0 unspecified atom stereocenters. The first-order chi connectivity index (χ1) is 17.6. The zero-order valence-corrected chi connectivity index (χ0v) is 23.0. The summed E-state index contributed by atoms with van der Waals surface area (Å²) in [4.78, 5) is 26.4. The van der Waals surface area contributed by atoms with Gasteiger partial charge >= 0.3 is 0 Å². The molecule has 8 nitrogen and oxygen atoms in total. The van der Waals surface area contributed by atoms with Crippen molar-refractivity contribution in [3.8, 4) is 34.5 Å². The van der Waals surface area contributed by atoms with Crippen molar-refractivity contribution in [2.75, 3.05) is 26.4 Å². The number of phenols is 2. The van der Waals surface area contributed by atoms with Gasteiger partial charge in [-0.1, -0.05) is 24.9 Å². The molecule has 2 N–H and O–H groups in total. The highest BCUT2D eigenvalue weighted by Gasteiger charge is 2.33. The van der Waals surface area contributed by atoms with E-state index < -0.39 is 11.6 Å². The lowest BCUT2D eigenvalue weighted by molar-refractivity contribution is 0.103. The average molecular weight is 531 g/mol. The number of allylic oxidation sites excluding steroid dienone is 2. The van der Waals surface area contributed by atoms with E-state index in [1.54, 1.807) is 41.5 Å². The number of aromatic hydroxyl groups is 2. The summed E-state index contributed by atoms with van der Waals surface area (Å²) in [5, 5.41) is 22.2. The van der Waals surface area contributed by atoms with Crippen LogP contribution in [0.1, 0.15) is 59.5 Å². The summed E-state index contributed by atoms with van der Waals surface area (Å²) in [6.07, 6.45) is 2.15. The quantitative estimate of drug-likeness (QED) is 0.218. The van der Waals surface area contributed by atoms with Crippen LogP contribution in [0.5, 0.6) is 34.5 Å². The zero-order valence-electron chi connectivity index (χ0n) is 22.1. The number of phenolic OH excluding ortho intramolecular Hbond substituents is 2. The molecule has 0 amide bonds. The van der Waals surface area contributed by atoms with Gasteiger partial charge in [0.05, 0.1) is 47.3 Å². The molecule has 0 spiro atoms. The molecule has 2 rings (SSSR count). The van der Waals surface area contributed by atoms with Gasteiger partial charge in [-0.3, -0.25) is 9.59 Å². The summed E-state index contributed by atoms with van der Waals surface area (Å²) in [5.74, 6) is -0.849. The van der Waals surface area contributed by atoms with Crippen LogP contribution in [0, 0.1) is 13.8 Å². The summed E-state index contributed by atoms with van der Waals surface area (Å²) < 4.78 is 23.5. The van der Waals surface area contributed by atoms with Crippen LogP contribution in [-0.4, -0.2) is 48.2 Å². The first-order valence-corrected chi connectivity index (χ1v) is 12.8. The highest BCUT2D eigenvalue weighted by Crippen LogP contribution is 2.55. The minimum absolute atomic E-state index is 0.0816. The van der Waals surface area contributed by atoms with Crippen molar-refractivity contribution < 1.29 is 38.7 Å². The standard InChI is InChI=1S/C28H34O8S/c1-9-17(29)19-21(31)15(7)23(33-11-3)25(35-13-5)27(19)37-28-20(18(30)10-2)22(32)16(8)24(34-12-4)26(28)36-14-6/h9-10,31-32H,1-2,11-14H2,3-8H3. The Morgan fingerprint density at radius 3 is 1.24 bits per heavy atom. The van der Waals surface area contributed by atoms with Gasteiger partial charge in [-0.05, 0) is 53.7 Å². The van der Waals surface area contributed by atoms with Crippen LogP contribution in [0.4, 0.5) is 0 Å².